The lowest BCUT2D eigenvalue weighted by atomic mass is 9.99. The van der Waals surface area contributed by atoms with Gasteiger partial charge in [0.2, 0.25) is 0 Å². The Bertz CT molecular complexity index is 374. The van der Waals surface area contributed by atoms with E-state index in [4.69, 9.17) is 0 Å². The molecule has 0 saturated carbocycles. The lowest BCUT2D eigenvalue weighted by Gasteiger charge is -2.15. The van der Waals surface area contributed by atoms with Crippen LogP contribution in [0.2, 0.25) is 0 Å². The predicted octanol–water partition coefficient (Wildman–Crippen LogP) is 4.75. The first kappa shape index (κ1) is 17.0. The van der Waals surface area contributed by atoms with E-state index < -0.39 is 0 Å². The van der Waals surface area contributed by atoms with E-state index in [0.29, 0.717) is 5.75 Å². The number of hydrogen-bond donors (Lipinski definition) is 1. The highest BCUT2D eigenvalue weighted by Gasteiger charge is 2.08. The molecule has 0 atom stereocenters. The van der Waals surface area contributed by atoms with E-state index in [9.17, 15) is 5.11 Å². The van der Waals surface area contributed by atoms with Crippen LogP contribution in [0, 0.1) is 0 Å². The molecule has 1 aromatic carbocycles. The summed E-state index contributed by atoms with van der Waals surface area (Å²) in [5.74, 6) is 0.468. The zero-order chi connectivity index (χ0) is 14.8. The molecule has 0 aliphatic heterocycles. The second-order valence-electron chi connectivity index (χ2n) is 6.02. The van der Waals surface area contributed by atoms with Gasteiger partial charge in [-0.15, -0.1) is 0 Å². The van der Waals surface area contributed by atoms with Gasteiger partial charge >= 0.3 is 0 Å². The maximum absolute atomic E-state index is 10.1. The van der Waals surface area contributed by atoms with Crippen molar-refractivity contribution in [3.8, 4) is 5.75 Å². The number of phenols is 1. The molecule has 0 amide bonds. The van der Waals surface area contributed by atoms with Crippen molar-refractivity contribution in [2.24, 2.45) is 0 Å². The number of phenolic OH excluding ortho intramolecular Hbond substituents is 1. The Balaban J connectivity index is 2.38. The summed E-state index contributed by atoms with van der Waals surface area (Å²) in [6, 6.07) is 5.90. The third-order valence-corrected chi connectivity index (χ3v) is 3.77. The Morgan fingerprint density at radius 1 is 0.950 bits per heavy atom. The third-order valence-electron chi connectivity index (χ3n) is 3.77. The summed E-state index contributed by atoms with van der Waals surface area (Å²) in [7, 11) is 4.14. The Hall–Kier alpha value is -1.02. The molecule has 2 nitrogen and oxygen atoms in total. The molecule has 114 valence electrons. The SMILES string of the molecule is CCCCCCCCCc1c(O)cccc1CN(C)C. The molecular formula is C18H31NO. The molecule has 0 bridgehead atoms. The second kappa shape index (κ2) is 9.82. The van der Waals surface area contributed by atoms with Gasteiger partial charge in [-0.3, -0.25) is 0 Å². The molecule has 1 aromatic rings. The van der Waals surface area contributed by atoms with Gasteiger partial charge in [0.05, 0.1) is 0 Å². The van der Waals surface area contributed by atoms with Gasteiger partial charge in [-0.2, -0.15) is 0 Å². The quantitative estimate of drug-likeness (QED) is 0.624. The first-order valence-corrected chi connectivity index (χ1v) is 8.09. The van der Waals surface area contributed by atoms with Crippen LogP contribution in [0.5, 0.6) is 5.75 Å². The molecule has 0 spiro atoms. The summed E-state index contributed by atoms with van der Waals surface area (Å²) in [5.41, 5.74) is 2.41. The lowest BCUT2D eigenvalue weighted by molar-refractivity contribution is 0.397. The van der Waals surface area contributed by atoms with Crippen molar-refractivity contribution in [3.05, 3.63) is 29.3 Å². The second-order valence-corrected chi connectivity index (χ2v) is 6.02. The normalized spacial score (nSPS) is 11.2. The first-order valence-electron chi connectivity index (χ1n) is 8.09. The molecule has 0 unspecified atom stereocenters. The first-order chi connectivity index (χ1) is 9.65. The van der Waals surface area contributed by atoms with Crippen molar-refractivity contribution in [2.75, 3.05) is 14.1 Å². The Kier molecular flexibility index (Phi) is 8.36. The topological polar surface area (TPSA) is 23.5 Å². The Labute approximate surface area is 124 Å². The van der Waals surface area contributed by atoms with Gasteiger partial charge in [0.25, 0.3) is 0 Å². The van der Waals surface area contributed by atoms with E-state index in [1.165, 1.54) is 50.5 Å². The molecule has 2 heteroatoms. The van der Waals surface area contributed by atoms with Crippen molar-refractivity contribution >= 4 is 0 Å². The smallest absolute Gasteiger partial charge is 0.119 e. The largest absolute Gasteiger partial charge is 0.508 e. The average Bonchev–Trinajstić information content (AvgIpc) is 2.40. The highest BCUT2D eigenvalue weighted by atomic mass is 16.3. The molecule has 1 rings (SSSR count). The molecule has 0 aliphatic rings. The summed E-state index contributed by atoms with van der Waals surface area (Å²) in [4.78, 5) is 2.16. The van der Waals surface area contributed by atoms with Gasteiger partial charge in [-0.1, -0.05) is 57.6 Å². The van der Waals surface area contributed by atoms with Gasteiger partial charge < -0.3 is 10.0 Å². The minimum atomic E-state index is 0.468. The Morgan fingerprint density at radius 3 is 2.25 bits per heavy atom. The molecule has 0 radical (unpaired) electrons. The number of nitrogens with zero attached hydrogens (tertiary/aromatic N) is 1. The lowest BCUT2D eigenvalue weighted by Crippen LogP contribution is -2.12. The van der Waals surface area contributed by atoms with E-state index in [2.05, 4.69) is 32.0 Å². The molecule has 20 heavy (non-hydrogen) atoms. The van der Waals surface area contributed by atoms with Crippen molar-refractivity contribution in [3.63, 3.8) is 0 Å². The van der Waals surface area contributed by atoms with Crippen LogP contribution in [-0.4, -0.2) is 24.1 Å². The highest BCUT2D eigenvalue weighted by molar-refractivity contribution is 5.39. The summed E-state index contributed by atoms with van der Waals surface area (Å²) in [6.07, 6.45) is 10.2. The number of rotatable bonds is 10. The molecule has 1 N–H and O–H groups in total. The van der Waals surface area contributed by atoms with E-state index in [1.807, 2.05) is 12.1 Å². The molecule has 0 aliphatic carbocycles. The van der Waals surface area contributed by atoms with Gasteiger partial charge in [0.1, 0.15) is 5.75 Å². The van der Waals surface area contributed by atoms with Gasteiger partial charge in [0.15, 0.2) is 0 Å². The summed E-state index contributed by atoms with van der Waals surface area (Å²) >= 11 is 0. The fraction of sp³-hybridized carbons (Fsp3) is 0.667. The number of aromatic hydroxyl groups is 1. The van der Waals surface area contributed by atoms with Crippen LogP contribution in [0.15, 0.2) is 18.2 Å². The number of unbranched alkanes of at least 4 members (excludes halogenated alkanes) is 6. The van der Waals surface area contributed by atoms with E-state index in [0.717, 1.165) is 18.5 Å². The minimum absolute atomic E-state index is 0.468. The van der Waals surface area contributed by atoms with Crippen LogP contribution >= 0.6 is 0 Å². The molecular weight excluding hydrogens is 246 g/mol. The van der Waals surface area contributed by atoms with E-state index >= 15 is 0 Å². The van der Waals surface area contributed by atoms with E-state index in [1.54, 1.807) is 0 Å². The standard InChI is InChI=1S/C18H31NO/c1-4-5-6-7-8-9-10-13-17-16(15-19(2)3)12-11-14-18(17)20/h11-12,14,20H,4-10,13,15H2,1-3H3. The van der Waals surface area contributed by atoms with Crippen LogP contribution in [0.3, 0.4) is 0 Å². The van der Waals surface area contributed by atoms with Crippen LogP contribution in [0.1, 0.15) is 63.0 Å². The average molecular weight is 277 g/mol. The minimum Gasteiger partial charge on any atom is -0.508 e. The highest BCUT2D eigenvalue weighted by Crippen LogP contribution is 2.24. The monoisotopic (exact) mass is 277 g/mol. The van der Waals surface area contributed by atoms with Crippen molar-refractivity contribution < 1.29 is 5.11 Å². The number of hydrogen-bond acceptors (Lipinski definition) is 2. The molecule has 0 heterocycles. The van der Waals surface area contributed by atoms with Crippen molar-refractivity contribution in [1.29, 1.82) is 0 Å². The van der Waals surface area contributed by atoms with Crippen LogP contribution in [0.4, 0.5) is 0 Å². The Morgan fingerprint density at radius 2 is 1.60 bits per heavy atom. The van der Waals surface area contributed by atoms with Crippen molar-refractivity contribution in [1.82, 2.24) is 4.90 Å². The van der Waals surface area contributed by atoms with Gasteiger partial charge in [-0.05, 0) is 44.1 Å². The van der Waals surface area contributed by atoms with E-state index in [-0.39, 0.29) is 0 Å². The van der Waals surface area contributed by atoms with Crippen molar-refractivity contribution in [2.45, 2.75) is 64.8 Å². The summed E-state index contributed by atoms with van der Waals surface area (Å²) in [5, 5.41) is 10.1. The predicted molar refractivity (Wildman–Crippen MR) is 87.2 cm³/mol. The van der Waals surface area contributed by atoms with Gasteiger partial charge in [0, 0.05) is 6.54 Å². The molecule has 0 aromatic heterocycles. The fourth-order valence-corrected chi connectivity index (χ4v) is 2.66. The molecule has 0 fully saturated rings. The summed E-state index contributed by atoms with van der Waals surface area (Å²) in [6.45, 7) is 3.16. The van der Waals surface area contributed by atoms with Crippen LogP contribution < -0.4 is 0 Å². The summed E-state index contributed by atoms with van der Waals surface area (Å²) < 4.78 is 0. The number of benzene rings is 1. The zero-order valence-corrected chi connectivity index (χ0v) is 13.5. The maximum Gasteiger partial charge on any atom is 0.119 e. The van der Waals surface area contributed by atoms with Crippen LogP contribution in [-0.2, 0) is 13.0 Å². The fourth-order valence-electron chi connectivity index (χ4n) is 2.66. The zero-order valence-electron chi connectivity index (χ0n) is 13.5. The van der Waals surface area contributed by atoms with Crippen LogP contribution in [0.25, 0.3) is 0 Å². The third kappa shape index (κ3) is 6.42. The molecule has 0 saturated heterocycles. The van der Waals surface area contributed by atoms with Gasteiger partial charge in [-0.25, -0.2) is 0 Å². The maximum atomic E-state index is 10.1.